The lowest BCUT2D eigenvalue weighted by atomic mass is 10.0. The molecule has 0 aromatic heterocycles. The lowest BCUT2D eigenvalue weighted by molar-refractivity contribution is -0.139. The standard InChI is InChI=1S/C22H25F3N2O3/c1-29-18-6-4-5-16(13-18)14-27-11-9-17(10-12-27)26-21(28)15-30-20-8-3-2-7-19(20)22(23,24)25/h2-8,13,17H,9-12,14-15H2,1H3,(H,26,28). The van der Waals surface area contributed by atoms with E-state index < -0.39 is 24.3 Å². The number of hydrogen-bond acceptors (Lipinski definition) is 4. The normalized spacial score (nSPS) is 15.6. The Bertz CT molecular complexity index is 850. The van der Waals surface area contributed by atoms with Gasteiger partial charge in [0.1, 0.15) is 11.5 Å². The number of carbonyl (C=O) groups excluding carboxylic acids is 1. The fourth-order valence-electron chi connectivity index (χ4n) is 3.50. The summed E-state index contributed by atoms with van der Waals surface area (Å²) in [6, 6.07) is 12.8. The van der Waals surface area contributed by atoms with Gasteiger partial charge in [0.2, 0.25) is 0 Å². The zero-order valence-corrected chi connectivity index (χ0v) is 16.7. The molecule has 0 saturated carbocycles. The Hall–Kier alpha value is -2.74. The summed E-state index contributed by atoms with van der Waals surface area (Å²) >= 11 is 0. The third kappa shape index (κ3) is 6.13. The van der Waals surface area contributed by atoms with Crippen LogP contribution in [-0.4, -0.2) is 43.7 Å². The summed E-state index contributed by atoms with van der Waals surface area (Å²) in [6.45, 7) is 1.99. The van der Waals surface area contributed by atoms with Gasteiger partial charge in [-0.15, -0.1) is 0 Å². The predicted molar refractivity (Wildman–Crippen MR) is 106 cm³/mol. The molecule has 2 aromatic rings. The third-order valence-corrected chi connectivity index (χ3v) is 5.04. The van der Waals surface area contributed by atoms with Crippen molar-refractivity contribution in [2.24, 2.45) is 0 Å². The number of rotatable bonds is 7. The highest BCUT2D eigenvalue weighted by molar-refractivity contribution is 5.77. The van der Waals surface area contributed by atoms with Crippen molar-refractivity contribution in [1.29, 1.82) is 0 Å². The fraction of sp³-hybridized carbons (Fsp3) is 0.409. The molecule has 0 spiro atoms. The number of amides is 1. The minimum absolute atomic E-state index is 0.0134. The Balaban J connectivity index is 1.43. The molecule has 162 valence electrons. The van der Waals surface area contributed by atoms with Gasteiger partial charge in [0.15, 0.2) is 6.61 Å². The number of para-hydroxylation sites is 1. The number of hydrogen-bond donors (Lipinski definition) is 1. The summed E-state index contributed by atoms with van der Waals surface area (Å²) in [7, 11) is 1.64. The maximum atomic E-state index is 13.0. The Morgan fingerprint density at radius 2 is 1.87 bits per heavy atom. The largest absolute Gasteiger partial charge is 0.497 e. The van der Waals surface area contributed by atoms with Crippen LogP contribution in [0.15, 0.2) is 48.5 Å². The molecule has 0 bridgehead atoms. The number of likely N-dealkylation sites (tertiary alicyclic amines) is 1. The van der Waals surface area contributed by atoms with E-state index in [2.05, 4.69) is 10.2 Å². The van der Waals surface area contributed by atoms with Crippen LogP contribution in [-0.2, 0) is 17.5 Å². The minimum Gasteiger partial charge on any atom is -0.497 e. The summed E-state index contributed by atoms with van der Waals surface area (Å²) in [5.41, 5.74) is 0.275. The molecule has 0 atom stereocenters. The second kappa shape index (κ2) is 9.84. The Morgan fingerprint density at radius 3 is 2.57 bits per heavy atom. The molecule has 0 radical (unpaired) electrons. The number of benzene rings is 2. The van der Waals surface area contributed by atoms with E-state index >= 15 is 0 Å². The van der Waals surface area contributed by atoms with Crippen molar-refractivity contribution in [1.82, 2.24) is 10.2 Å². The number of ether oxygens (including phenoxy) is 2. The predicted octanol–water partition coefficient (Wildman–Crippen LogP) is 3.87. The first-order valence-electron chi connectivity index (χ1n) is 9.79. The van der Waals surface area contributed by atoms with E-state index in [0.717, 1.165) is 49.9 Å². The molecule has 1 aliphatic rings. The second-order valence-corrected chi connectivity index (χ2v) is 7.25. The molecule has 8 heteroatoms. The maximum absolute atomic E-state index is 13.0. The van der Waals surface area contributed by atoms with E-state index in [-0.39, 0.29) is 11.8 Å². The van der Waals surface area contributed by atoms with Crippen LogP contribution in [0.4, 0.5) is 13.2 Å². The lowest BCUT2D eigenvalue weighted by Gasteiger charge is -2.32. The number of methoxy groups -OCH3 is 1. The smallest absolute Gasteiger partial charge is 0.419 e. The van der Waals surface area contributed by atoms with Gasteiger partial charge >= 0.3 is 6.18 Å². The van der Waals surface area contributed by atoms with Crippen molar-refractivity contribution >= 4 is 5.91 Å². The van der Waals surface area contributed by atoms with Gasteiger partial charge in [-0.25, -0.2) is 0 Å². The van der Waals surface area contributed by atoms with Crippen molar-refractivity contribution in [2.45, 2.75) is 31.6 Å². The first-order valence-corrected chi connectivity index (χ1v) is 9.79. The second-order valence-electron chi connectivity index (χ2n) is 7.25. The van der Waals surface area contributed by atoms with E-state index in [1.807, 2.05) is 24.3 Å². The minimum atomic E-state index is -4.53. The first kappa shape index (κ1) is 22.0. The van der Waals surface area contributed by atoms with E-state index in [9.17, 15) is 18.0 Å². The molecule has 1 fully saturated rings. The highest BCUT2D eigenvalue weighted by Gasteiger charge is 2.34. The molecule has 2 aromatic carbocycles. The molecule has 0 aliphatic carbocycles. The quantitative estimate of drug-likeness (QED) is 0.736. The molecule has 1 heterocycles. The number of carbonyl (C=O) groups is 1. The van der Waals surface area contributed by atoms with Crippen LogP contribution in [0.3, 0.4) is 0 Å². The topological polar surface area (TPSA) is 50.8 Å². The zero-order chi connectivity index (χ0) is 21.6. The molecule has 1 aliphatic heterocycles. The van der Waals surface area contributed by atoms with Crippen LogP contribution in [0, 0.1) is 0 Å². The van der Waals surface area contributed by atoms with Crippen molar-refractivity contribution in [3.05, 3.63) is 59.7 Å². The molecule has 30 heavy (non-hydrogen) atoms. The SMILES string of the molecule is COc1cccc(CN2CCC(NC(=O)COc3ccccc3C(F)(F)F)CC2)c1. The summed E-state index contributed by atoms with van der Waals surface area (Å²) < 4.78 is 49.3. The van der Waals surface area contributed by atoms with Crippen molar-refractivity contribution in [2.75, 3.05) is 26.8 Å². The van der Waals surface area contributed by atoms with Gasteiger partial charge in [0, 0.05) is 25.7 Å². The first-order chi connectivity index (χ1) is 14.3. The number of nitrogens with zero attached hydrogens (tertiary/aromatic N) is 1. The monoisotopic (exact) mass is 422 g/mol. The molecular formula is C22H25F3N2O3. The maximum Gasteiger partial charge on any atom is 0.419 e. The van der Waals surface area contributed by atoms with E-state index in [0.29, 0.717) is 0 Å². The summed E-state index contributed by atoms with van der Waals surface area (Å²) in [5.74, 6) is 0.0632. The molecule has 0 unspecified atom stereocenters. The lowest BCUT2D eigenvalue weighted by Crippen LogP contribution is -2.45. The van der Waals surface area contributed by atoms with Crippen LogP contribution in [0.5, 0.6) is 11.5 Å². The van der Waals surface area contributed by atoms with Gasteiger partial charge in [0.25, 0.3) is 5.91 Å². The number of halogens is 3. The van der Waals surface area contributed by atoms with Crippen LogP contribution in [0.2, 0.25) is 0 Å². The third-order valence-electron chi connectivity index (χ3n) is 5.04. The van der Waals surface area contributed by atoms with Crippen LogP contribution < -0.4 is 14.8 Å². The van der Waals surface area contributed by atoms with Crippen LogP contribution in [0.1, 0.15) is 24.0 Å². The van der Waals surface area contributed by atoms with Crippen LogP contribution >= 0.6 is 0 Å². The molecular weight excluding hydrogens is 397 g/mol. The highest BCUT2D eigenvalue weighted by atomic mass is 19.4. The van der Waals surface area contributed by atoms with Gasteiger partial charge < -0.3 is 14.8 Å². The average molecular weight is 422 g/mol. The van der Waals surface area contributed by atoms with Crippen molar-refractivity contribution in [3.63, 3.8) is 0 Å². The fourth-order valence-corrected chi connectivity index (χ4v) is 3.50. The summed E-state index contributed by atoms with van der Waals surface area (Å²) in [6.07, 6.45) is -2.98. The van der Waals surface area contributed by atoms with Gasteiger partial charge in [-0.1, -0.05) is 24.3 Å². The summed E-state index contributed by atoms with van der Waals surface area (Å²) in [4.78, 5) is 14.4. The summed E-state index contributed by atoms with van der Waals surface area (Å²) in [5, 5.41) is 2.86. The van der Waals surface area contributed by atoms with Crippen LogP contribution in [0.25, 0.3) is 0 Å². The van der Waals surface area contributed by atoms with E-state index in [1.54, 1.807) is 7.11 Å². The molecule has 1 amide bonds. The molecule has 5 nitrogen and oxygen atoms in total. The Morgan fingerprint density at radius 1 is 1.13 bits per heavy atom. The number of nitrogens with one attached hydrogen (secondary N) is 1. The number of alkyl halides is 3. The molecule has 3 rings (SSSR count). The van der Waals surface area contributed by atoms with E-state index in [4.69, 9.17) is 9.47 Å². The molecule has 1 N–H and O–H groups in total. The highest BCUT2D eigenvalue weighted by Crippen LogP contribution is 2.35. The molecule has 1 saturated heterocycles. The Labute approximate surface area is 173 Å². The van der Waals surface area contributed by atoms with Gasteiger partial charge in [-0.05, 0) is 42.7 Å². The van der Waals surface area contributed by atoms with Gasteiger partial charge in [0.05, 0.1) is 12.7 Å². The van der Waals surface area contributed by atoms with E-state index in [1.165, 1.54) is 18.2 Å². The van der Waals surface area contributed by atoms with Gasteiger partial charge in [-0.3, -0.25) is 9.69 Å². The number of piperidine rings is 1. The zero-order valence-electron chi connectivity index (χ0n) is 16.7. The average Bonchev–Trinajstić information content (AvgIpc) is 2.73. The Kier molecular flexibility index (Phi) is 7.20. The van der Waals surface area contributed by atoms with Crippen molar-refractivity contribution < 1.29 is 27.4 Å². The van der Waals surface area contributed by atoms with Crippen molar-refractivity contribution in [3.8, 4) is 11.5 Å². The van der Waals surface area contributed by atoms with Gasteiger partial charge in [-0.2, -0.15) is 13.2 Å².